The van der Waals surface area contributed by atoms with Gasteiger partial charge in [0.1, 0.15) is 11.5 Å². The van der Waals surface area contributed by atoms with E-state index in [-0.39, 0.29) is 11.9 Å². The minimum Gasteiger partial charge on any atom is -0.497 e. The normalized spacial score (nSPS) is 20.1. The van der Waals surface area contributed by atoms with E-state index in [4.69, 9.17) is 14.2 Å². The average molecular weight is 313 g/mol. The molecule has 2 atom stereocenters. The third-order valence-corrected chi connectivity index (χ3v) is 4.11. The lowest BCUT2D eigenvalue weighted by Crippen LogP contribution is -2.59. The van der Waals surface area contributed by atoms with Crippen molar-refractivity contribution >= 4 is 11.6 Å². The minimum atomic E-state index is -0.467. The number of rotatable bonds is 5. The Labute approximate surface area is 135 Å². The molecule has 1 amide bonds. The van der Waals surface area contributed by atoms with Crippen LogP contribution in [0.4, 0.5) is 5.69 Å². The lowest BCUT2D eigenvalue weighted by molar-refractivity contribution is -0.139. The summed E-state index contributed by atoms with van der Waals surface area (Å²) in [4.78, 5) is 14.1. The van der Waals surface area contributed by atoms with Crippen LogP contribution in [0.3, 0.4) is 0 Å². The van der Waals surface area contributed by atoms with Gasteiger partial charge in [-0.3, -0.25) is 9.69 Å². The van der Waals surface area contributed by atoms with Gasteiger partial charge in [0.25, 0.3) is 5.91 Å². The number of hydrogen-bond donors (Lipinski definition) is 0. The zero-order valence-corrected chi connectivity index (χ0v) is 13.4. The van der Waals surface area contributed by atoms with Crippen LogP contribution in [0.2, 0.25) is 0 Å². The van der Waals surface area contributed by atoms with Gasteiger partial charge in [-0.25, -0.2) is 0 Å². The second-order valence-corrected chi connectivity index (χ2v) is 5.28. The largest absolute Gasteiger partial charge is 0.497 e. The molecule has 1 fully saturated rings. The summed E-state index contributed by atoms with van der Waals surface area (Å²) in [7, 11) is 4.80. The van der Waals surface area contributed by atoms with Crippen molar-refractivity contribution in [2.24, 2.45) is 0 Å². The van der Waals surface area contributed by atoms with Crippen LogP contribution in [0.5, 0.6) is 11.5 Å². The van der Waals surface area contributed by atoms with E-state index in [1.165, 1.54) is 0 Å². The first-order chi connectivity index (χ1) is 11.2. The fourth-order valence-electron chi connectivity index (χ4n) is 2.85. The number of β-lactam (4-membered cyclic amide) rings is 1. The number of benzene rings is 2. The Hall–Kier alpha value is -2.53. The molecule has 5 heteroatoms. The summed E-state index contributed by atoms with van der Waals surface area (Å²) in [5.74, 6) is 1.49. The van der Waals surface area contributed by atoms with Crippen molar-refractivity contribution in [2.75, 3.05) is 26.2 Å². The SMILES string of the molecule is COc1ccc(C2C(OC)C(=O)N2c2ccc(OC)cc2)cc1. The molecule has 0 bridgehead atoms. The number of nitrogens with zero attached hydrogens (tertiary/aromatic N) is 1. The standard InChI is InChI=1S/C18H19NO4/c1-21-14-8-4-12(5-9-14)16-17(23-3)18(20)19(16)13-6-10-15(22-2)11-7-13/h4-11,16-17H,1-3H3. The lowest BCUT2D eigenvalue weighted by atomic mass is 9.89. The first kappa shape index (κ1) is 15.4. The quantitative estimate of drug-likeness (QED) is 0.797. The Morgan fingerprint density at radius 2 is 1.35 bits per heavy atom. The smallest absolute Gasteiger partial charge is 0.259 e. The van der Waals surface area contributed by atoms with Gasteiger partial charge in [-0.2, -0.15) is 0 Å². The molecule has 5 nitrogen and oxygen atoms in total. The van der Waals surface area contributed by atoms with Crippen molar-refractivity contribution in [3.63, 3.8) is 0 Å². The summed E-state index contributed by atoms with van der Waals surface area (Å²) in [5.41, 5.74) is 1.83. The molecule has 2 aromatic rings. The highest BCUT2D eigenvalue weighted by atomic mass is 16.5. The third kappa shape index (κ3) is 2.64. The number of ether oxygens (including phenoxy) is 3. The van der Waals surface area contributed by atoms with Gasteiger partial charge in [-0.1, -0.05) is 12.1 Å². The van der Waals surface area contributed by atoms with E-state index in [2.05, 4.69) is 0 Å². The monoisotopic (exact) mass is 313 g/mol. The van der Waals surface area contributed by atoms with Crippen LogP contribution in [0, 0.1) is 0 Å². The van der Waals surface area contributed by atoms with Gasteiger partial charge in [-0.15, -0.1) is 0 Å². The zero-order valence-electron chi connectivity index (χ0n) is 13.4. The van der Waals surface area contributed by atoms with E-state index in [9.17, 15) is 4.79 Å². The first-order valence-corrected chi connectivity index (χ1v) is 7.33. The number of methoxy groups -OCH3 is 3. The van der Waals surface area contributed by atoms with Crippen molar-refractivity contribution in [3.05, 3.63) is 54.1 Å². The molecule has 0 N–H and O–H groups in total. The van der Waals surface area contributed by atoms with Gasteiger partial charge in [-0.05, 0) is 42.0 Å². The molecule has 0 spiro atoms. The summed E-state index contributed by atoms with van der Waals surface area (Å²) in [6.45, 7) is 0. The van der Waals surface area contributed by atoms with Crippen molar-refractivity contribution < 1.29 is 19.0 Å². The van der Waals surface area contributed by atoms with Crippen molar-refractivity contribution in [1.29, 1.82) is 0 Å². The highest BCUT2D eigenvalue weighted by molar-refractivity contribution is 6.05. The summed E-state index contributed by atoms with van der Waals surface area (Å²) in [6, 6.07) is 15.0. The van der Waals surface area contributed by atoms with Crippen LogP contribution >= 0.6 is 0 Å². The number of amides is 1. The van der Waals surface area contributed by atoms with Crippen LogP contribution in [0.15, 0.2) is 48.5 Å². The molecule has 1 heterocycles. The van der Waals surface area contributed by atoms with Gasteiger partial charge in [0.15, 0.2) is 6.10 Å². The van der Waals surface area contributed by atoms with Gasteiger partial charge in [0.05, 0.1) is 20.3 Å². The molecule has 1 saturated heterocycles. The molecule has 0 aromatic heterocycles. The molecular formula is C18H19NO4. The lowest BCUT2D eigenvalue weighted by Gasteiger charge is -2.46. The minimum absolute atomic E-state index is 0.0431. The third-order valence-electron chi connectivity index (χ3n) is 4.11. The molecule has 120 valence electrons. The maximum Gasteiger partial charge on any atom is 0.259 e. The molecule has 2 unspecified atom stereocenters. The molecule has 1 aliphatic heterocycles. The number of carbonyl (C=O) groups excluding carboxylic acids is 1. The predicted molar refractivity (Wildman–Crippen MR) is 87.0 cm³/mol. The Bertz CT molecular complexity index is 681. The average Bonchev–Trinajstić information content (AvgIpc) is 2.61. The number of carbonyl (C=O) groups is 1. The summed E-state index contributed by atoms with van der Waals surface area (Å²) >= 11 is 0. The molecule has 2 aromatic carbocycles. The predicted octanol–water partition coefficient (Wildman–Crippen LogP) is 2.81. The molecular weight excluding hydrogens is 294 g/mol. The second-order valence-electron chi connectivity index (χ2n) is 5.28. The second kappa shape index (κ2) is 6.30. The maximum absolute atomic E-state index is 12.4. The topological polar surface area (TPSA) is 48.0 Å². The maximum atomic E-state index is 12.4. The number of hydrogen-bond acceptors (Lipinski definition) is 4. The molecule has 0 radical (unpaired) electrons. The zero-order chi connectivity index (χ0) is 16.4. The van der Waals surface area contributed by atoms with E-state index >= 15 is 0 Å². The Morgan fingerprint density at radius 3 is 1.83 bits per heavy atom. The van der Waals surface area contributed by atoms with Crippen LogP contribution in [0.1, 0.15) is 11.6 Å². The van der Waals surface area contributed by atoms with E-state index in [1.807, 2.05) is 48.5 Å². The molecule has 1 aliphatic rings. The summed E-state index contributed by atoms with van der Waals surface area (Å²) < 4.78 is 15.7. The van der Waals surface area contributed by atoms with Gasteiger partial charge >= 0.3 is 0 Å². The number of anilines is 1. The molecule has 0 saturated carbocycles. The Balaban J connectivity index is 1.92. The highest BCUT2D eigenvalue weighted by Crippen LogP contribution is 2.41. The fourth-order valence-corrected chi connectivity index (χ4v) is 2.85. The Kier molecular flexibility index (Phi) is 4.21. The molecule has 23 heavy (non-hydrogen) atoms. The van der Waals surface area contributed by atoms with Crippen molar-refractivity contribution in [2.45, 2.75) is 12.1 Å². The summed E-state index contributed by atoms with van der Waals surface area (Å²) in [5, 5.41) is 0. The van der Waals surface area contributed by atoms with Crippen molar-refractivity contribution in [1.82, 2.24) is 0 Å². The van der Waals surface area contributed by atoms with Crippen molar-refractivity contribution in [3.8, 4) is 11.5 Å². The van der Waals surface area contributed by atoms with Crippen LogP contribution in [-0.4, -0.2) is 33.3 Å². The highest BCUT2D eigenvalue weighted by Gasteiger charge is 2.49. The molecule has 3 rings (SSSR count). The van der Waals surface area contributed by atoms with Crippen LogP contribution in [0.25, 0.3) is 0 Å². The van der Waals surface area contributed by atoms with E-state index in [0.29, 0.717) is 0 Å². The van der Waals surface area contributed by atoms with Gasteiger partial charge in [0.2, 0.25) is 0 Å². The van der Waals surface area contributed by atoms with Crippen LogP contribution < -0.4 is 14.4 Å². The van der Waals surface area contributed by atoms with Gasteiger partial charge in [0, 0.05) is 12.8 Å². The van der Waals surface area contributed by atoms with E-state index < -0.39 is 6.10 Å². The van der Waals surface area contributed by atoms with Gasteiger partial charge < -0.3 is 14.2 Å². The summed E-state index contributed by atoms with van der Waals surface area (Å²) in [6.07, 6.45) is -0.467. The first-order valence-electron chi connectivity index (χ1n) is 7.33. The van der Waals surface area contributed by atoms with E-state index in [1.54, 1.807) is 26.2 Å². The molecule has 0 aliphatic carbocycles. The fraction of sp³-hybridized carbons (Fsp3) is 0.278. The van der Waals surface area contributed by atoms with E-state index in [0.717, 1.165) is 22.7 Å². The Morgan fingerprint density at radius 1 is 0.826 bits per heavy atom. The van der Waals surface area contributed by atoms with Crippen LogP contribution in [-0.2, 0) is 9.53 Å².